The number of fused-ring (bicyclic) bond motifs is 1. The monoisotopic (exact) mass is 424 g/mol. The van der Waals surface area contributed by atoms with Crippen LogP contribution in [0.1, 0.15) is 49.9 Å². The SMILES string of the molecule is CC(C)N1CCN(C2CCOC3(CCN(C(=O)c4c[nH]c5ccccc45)CC3)C2)CC1. The van der Waals surface area contributed by atoms with Gasteiger partial charge in [0.25, 0.3) is 5.91 Å². The van der Waals surface area contributed by atoms with E-state index in [1.54, 1.807) is 0 Å². The fourth-order valence-electron chi connectivity index (χ4n) is 5.82. The van der Waals surface area contributed by atoms with Gasteiger partial charge >= 0.3 is 0 Å². The van der Waals surface area contributed by atoms with Crippen molar-refractivity contribution in [2.45, 2.75) is 57.2 Å². The number of hydrogen-bond donors (Lipinski definition) is 1. The molecule has 0 saturated carbocycles. The van der Waals surface area contributed by atoms with Crippen molar-refractivity contribution in [3.8, 4) is 0 Å². The molecule has 31 heavy (non-hydrogen) atoms. The molecule has 0 bridgehead atoms. The van der Waals surface area contributed by atoms with Crippen molar-refractivity contribution in [2.24, 2.45) is 0 Å². The maximum atomic E-state index is 13.2. The van der Waals surface area contributed by atoms with E-state index < -0.39 is 0 Å². The van der Waals surface area contributed by atoms with E-state index in [4.69, 9.17) is 4.74 Å². The second kappa shape index (κ2) is 8.57. The molecule has 3 aliphatic rings. The first kappa shape index (κ1) is 21.0. The molecule has 168 valence electrons. The number of benzene rings is 1. The minimum Gasteiger partial charge on any atom is -0.375 e. The molecule has 1 amide bonds. The van der Waals surface area contributed by atoms with E-state index in [1.807, 2.05) is 35.4 Å². The van der Waals surface area contributed by atoms with Crippen LogP contribution in [0, 0.1) is 0 Å². The van der Waals surface area contributed by atoms with Crippen molar-refractivity contribution in [1.82, 2.24) is 19.7 Å². The molecule has 6 nitrogen and oxygen atoms in total. The van der Waals surface area contributed by atoms with Gasteiger partial charge in [0.1, 0.15) is 0 Å². The number of nitrogens with one attached hydrogen (secondary N) is 1. The molecule has 3 fully saturated rings. The van der Waals surface area contributed by atoms with Crippen LogP contribution in [0.4, 0.5) is 0 Å². The van der Waals surface area contributed by atoms with Gasteiger partial charge in [-0.15, -0.1) is 0 Å². The molecule has 1 aromatic carbocycles. The maximum absolute atomic E-state index is 13.2. The van der Waals surface area contributed by atoms with Crippen LogP contribution in [0.15, 0.2) is 30.5 Å². The van der Waals surface area contributed by atoms with E-state index in [9.17, 15) is 4.79 Å². The normalized spacial score (nSPS) is 25.5. The van der Waals surface area contributed by atoms with Gasteiger partial charge in [-0.2, -0.15) is 0 Å². The Hall–Kier alpha value is -1.89. The lowest BCUT2D eigenvalue weighted by Crippen LogP contribution is -2.58. The quantitative estimate of drug-likeness (QED) is 0.821. The lowest BCUT2D eigenvalue weighted by Gasteiger charge is -2.50. The topological polar surface area (TPSA) is 51.8 Å². The molecular weight excluding hydrogens is 388 g/mol. The summed E-state index contributed by atoms with van der Waals surface area (Å²) >= 11 is 0. The average Bonchev–Trinajstić information content (AvgIpc) is 3.23. The van der Waals surface area contributed by atoms with E-state index in [-0.39, 0.29) is 11.5 Å². The minimum atomic E-state index is -0.0465. The highest BCUT2D eigenvalue weighted by atomic mass is 16.5. The highest BCUT2D eigenvalue weighted by Crippen LogP contribution is 2.37. The Morgan fingerprint density at radius 2 is 1.84 bits per heavy atom. The summed E-state index contributed by atoms with van der Waals surface area (Å²) in [6.07, 6.45) is 6.01. The Morgan fingerprint density at radius 3 is 2.58 bits per heavy atom. The van der Waals surface area contributed by atoms with Gasteiger partial charge in [0.05, 0.1) is 11.2 Å². The predicted octanol–water partition coefficient (Wildman–Crippen LogP) is 3.35. The summed E-state index contributed by atoms with van der Waals surface area (Å²) in [7, 11) is 0. The minimum absolute atomic E-state index is 0.0465. The molecule has 5 rings (SSSR count). The number of hydrogen-bond acceptors (Lipinski definition) is 4. The van der Waals surface area contributed by atoms with E-state index >= 15 is 0 Å². The van der Waals surface area contributed by atoms with Gasteiger partial charge < -0.3 is 14.6 Å². The number of para-hydroxylation sites is 1. The first-order valence-electron chi connectivity index (χ1n) is 12.0. The number of piperidine rings is 1. The molecule has 2 aromatic rings. The van der Waals surface area contributed by atoms with E-state index in [0.717, 1.165) is 61.8 Å². The second-order valence-corrected chi connectivity index (χ2v) is 9.88. The van der Waals surface area contributed by atoms with Crippen LogP contribution in [0.2, 0.25) is 0 Å². The molecule has 1 atom stereocenters. The van der Waals surface area contributed by atoms with Crippen LogP contribution in [-0.4, -0.2) is 89.2 Å². The van der Waals surface area contributed by atoms with E-state index in [1.165, 1.54) is 26.2 Å². The van der Waals surface area contributed by atoms with E-state index in [2.05, 4.69) is 28.6 Å². The van der Waals surface area contributed by atoms with E-state index in [0.29, 0.717) is 12.1 Å². The number of likely N-dealkylation sites (tertiary alicyclic amines) is 1. The van der Waals surface area contributed by atoms with Crippen LogP contribution in [0.3, 0.4) is 0 Å². The third-order valence-electron chi connectivity index (χ3n) is 7.84. The number of rotatable bonds is 3. The fourth-order valence-corrected chi connectivity index (χ4v) is 5.82. The Bertz CT molecular complexity index is 907. The maximum Gasteiger partial charge on any atom is 0.256 e. The summed E-state index contributed by atoms with van der Waals surface area (Å²) in [6.45, 7) is 11.7. The molecule has 1 N–H and O–H groups in total. The van der Waals surface area contributed by atoms with Gasteiger partial charge in [0, 0.05) is 75.1 Å². The van der Waals surface area contributed by atoms with Crippen LogP contribution < -0.4 is 0 Å². The van der Waals surface area contributed by atoms with Gasteiger partial charge in [-0.05, 0) is 45.6 Å². The fraction of sp³-hybridized carbons (Fsp3) is 0.640. The molecule has 0 radical (unpaired) electrons. The summed E-state index contributed by atoms with van der Waals surface area (Å²) < 4.78 is 6.39. The number of carbonyl (C=O) groups excluding carboxylic acids is 1. The zero-order valence-corrected chi connectivity index (χ0v) is 19.0. The second-order valence-electron chi connectivity index (χ2n) is 9.88. The van der Waals surface area contributed by atoms with Crippen LogP contribution in [-0.2, 0) is 4.74 Å². The van der Waals surface area contributed by atoms with Crippen molar-refractivity contribution in [3.05, 3.63) is 36.0 Å². The van der Waals surface area contributed by atoms with Crippen molar-refractivity contribution >= 4 is 16.8 Å². The number of aromatic nitrogens is 1. The number of nitrogens with zero attached hydrogens (tertiary/aromatic N) is 3. The van der Waals surface area contributed by atoms with Crippen molar-refractivity contribution < 1.29 is 9.53 Å². The molecule has 1 aromatic heterocycles. The number of aromatic amines is 1. The number of carbonyl (C=O) groups is 1. The van der Waals surface area contributed by atoms with Crippen LogP contribution >= 0.6 is 0 Å². The Morgan fingerprint density at radius 1 is 1.10 bits per heavy atom. The lowest BCUT2D eigenvalue weighted by molar-refractivity contribution is -0.132. The lowest BCUT2D eigenvalue weighted by atomic mass is 9.81. The van der Waals surface area contributed by atoms with Crippen molar-refractivity contribution in [3.63, 3.8) is 0 Å². The molecule has 1 spiro atoms. The van der Waals surface area contributed by atoms with Gasteiger partial charge in [-0.3, -0.25) is 14.6 Å². The summed E-state index contributed by atoms with van der Waals surface area (Å²) in [5.74, 6) is 0.143. The van der Waals surface area contributed by atoms with Gasteiger partial charge in [-0.25, -0.2) is 0 Å². The molecule has 4 heterocycles. The summed E-state index contributed by atoms with van der Waals surface area (Å²) in [5.41, 5.74) is 1.77. The zero-order valence-electron chi connectivity index (χ0n) is 19.0. The van der Waals surface area contributed by atoms with Gasteiger partial charge in [0.15, 0.2) is 0 Å². The number of ether oxygens (including phenoxy) is 1. The van der Waals surface area contributed by atoms with Crippen molar-refractivity contribution in [2.75, 3.05) is 45.9 Å². The molecular formula is C25H36N4O2. The summed E-state index contributed by atoms with van der Waals surface area (Å²) in [6, 6.07) is 9.31. The van der Waals surface area contributed by atoms with Crippen LogP contribution in [0.25, 0.3) is 10.9 Å². The molecule has 6 heteroatoms. The standard InChI is InChI=1S/C25H36N4O2/c1-19(2)27-12-14-28(15-13-27)20-7-16-31-25(17-20)8-10-29(11-9-25)24(30)22-18-26-23-6-4-3-5-21(22)23/h3-6,18-20,26H,7-17H2,1-2H3. The first-order chi connectivity index (χ1) is 15.0. The predicted molar refractivity (Wildman–Crippen MR) is 123 cm³/mol. The summed E-state index contributed by atoms with van der Waals surface area (Å²) in [5, 5.41) is 1.02. The molecule has 0 aliphatic carbocycles. The smallest absolute Gasteiger partial charge is 0.256 e. The Kier molecular flexibility index (Phi) is 5.80. The third kappa shape index (κ3) is 4.13. The third-order valence-corrected chi connectivity index (χ3v) is 7.84. The number of H-pyrrole nitrogens is 1. The average molecular weight is 425 g/mol. The number of piperazine rings is 1. The highest BCUT2D eigenvalue weighted by Gasteiger charge is 2.43. The molecule has 3 aliphatic heterocycles. The summed E-state index contributed by atoms with van der Waals surface area (Å²) in [4.78, 5) is 23.7. The van der Waals surface area contributed by atoms with Gasteiger partial charge in [-0.1, -0.05) is 18.2 Å². The first-order valence-corrected chi connectivity index (χ1v) is 12.0. The molecule has 3 saturated heterocycles. The Balaban J connectivity index is 1.20. The largest absolute Gasteiger partial charge is 0.375 e. The Labute approximate surface area is 185 Å². The zero-order chi connectivity index (χ0) is 21.4. The number of amides is 1. The van der Waals surface area contributed by atoms with Crippen molar-refractivity contribution in [1.29, 1.82) is 0 Å². The van der Waals surface area contributed by atoms with Crippen LogP contribution in [0.5, 0.6) is 0 Å². The molecule has 1 unspecified atom stereocenters. The van der Waals surface area contributed by atoms with Gasteiger partial charge in [0.2, 0.25) is 0 Å². The highest BCUT2D eigenvalue weighted by molar-refractivity contribution is 6.06.